The summed E-state index contributed by atoms with van der Waals surface area (Å²) in [5, 5.41) is 4.31. The molecule has 0 N–H and O–H groups in total. The molecule has 2 rings (SSSR count). The summed E-state index contributed by atoms with van der Waals surface area (Å²) in [6.07, 6.45) is 13.8. The van der Waals surface area contributed by atoms with Gasteiger partial charge in [0.2, 0.25) is 0 Å². The molecular weight excluding hydrogens is 183 g/mol. The normalized spacial score (nSPS) is 22.7. The van der Waals surface area contributed by atoms with Crippen LogP contribution >= 0.6 is 0 Å². The molecule has 1 saturated carbocycles. The summed E-state index contributed by atoms with van der Waals surface area (Å²) < 4.78 is 1.96. The minimum absolute atomic E-state index is 0.228. The van der Waals surface area contributed by atoms with Gasteiger partial charge in [-0.3, -0.25) is 4.68 Å². The summed E-state index contributed by atoms with van der Waals surface area (Å²) >= 11 is 0. The molecule has 1 aliphatic rings. The van der Waals surface area contributed by atoms with Crippen LogP contribution in [-0.4, -0.2) is 17.6 Å². The molecular formula is C12H19BN2. The summed E-state index contributed by atoms with van der Waals surface area (Å²) in [5.74, 6) is 0. The smallest absolute Gasteiger partial charge is 0.107 e. The van der Waals surface area contributed by atoms with E-state index in [1.165, 1.54) is 38.5 Å². The summed E-state index contributed by atoms with van der Waals surface area (Å²) in [6.45, 7) is 0. The van der Waals surface area contributed by atoms with Crippen LogP contribution < -0.4 is 0 Å². The minimum Gasteiger partial charge on any atom is -0.276 e. The monoisotopic (exact) mass is 202 g/mol. The van der Waals surface area contributed by atoms with Crippen LogP contribution in [0.1, 0.15) is 51.4 Å². The maximum Gasteiger partial charge on any atom is 0.107 e. The predicted molar refractivity (Wildman–Crippen MR) is 62.9 cm³/mol. The topological polar surface area (TPSA) is 17.8 Å². The van der Waals surface area contributed by atoms with Gasteiger partial charge in [-0.15, -0.1) is 0 Å². The lowest BCUT2D eigenvalue weighted by Crippen LogP contribution is -2.34. The van der Waals surface area contributed by atoms with Gasteiger partial charge >= 0.3 is 0 Å². The molecule has 80 valence electrons. The van der Waals surface area contributed by atoms with E-state index in [2.05, 4.69) is 5.10 Å². The standard InChI is InChI=1S/C12H19BN2/c13-12(15-11-7-10-14-15)8-5-3-1-2-4-6-9-12/h7,10-11H,1-6,8-9H2. The van der Waals surface area contributed by atoms with E-state index in [0.29, 0.717) is 0 Å². The van der Waals surface area contributed by atoms with Gasteiger partial charge in [0.05, 0.1) is 0 Å². The van der Waals surface area contributed by atoms with Crippen LogP contribution in [0.15, 0.2) is 18.5 Å². The fraction of sp³-hybridized carbons (Fsp3) is 0.750. The summed E-state index contributed by atoms with van der Waals surface area (Å²) in [7, 11) is 6.46. The Hall–Kier alpha value is -0.725. The molecule has 0 spiro atoms. The summed E-state index contributed by atoms with van der Waals surface area (Å²) in [6, 6.07) is 1.96. The quantitative estimate of drug-likeness (QED) is 0.640. The second-order valence-electron chi connectivity index (χ2n) is 4.68. The highest BCUT2D eigenvalue weighted by atomic mass is 15.3. The Morgan fingerprint density at radius 3 is 2.13 bits per heavy atom. The van der Waals surface area contributed by atoms with Gasteiger partial charge in [-0.2, -0.15) is 5.10 Å². The van der Waals surface area contributed by atoms with Crippen molar-refractivity contribution in [2.75, 3.05) is 0 Å². The van der Waals surface area contributed by atoms with Crippen LogP contribution in [0.4, 0.5) is 0 Å². The summed E-state index contributed by atoms with van der Waals surface area (Å²) in [5.41, 5.74) is -0.228. The van der Waals surface area contributed by atoms with Crippen molar-refractivity contribution in [3.05, 3.63) is 18.5 Å². The highest BCUT2D eigenvalue weighted by Crippen LogP contribution is 2.28. The maximum atomic E-state index is 6.46. The lowest BCUT2D eigenvalue weighted by Gasteiger charge is -2.30. The zero-order chi connectivity index (χ0) is 10.6. The van der Waals surface area contributed by atoms with Gasteiger partial charge in [0.15, 0.2) is 0 Å². The number of aromatic nitrogens is 2. The molecule has 0 aliphatic heterocycles. The van der Waals surface area contributed by atoms with Gasteiger partial charge in [0.25, 0.3) is 0 Å². The van der Waals surface area contributed by atoms with E-state index in [0.717, 1.165) is 12.8 Å². The first-order valence-corrected chi connectivity index (χ1v) is 6.10. The van der Waals surface area contributed by atoms with E-state index in [-0.39, 0.29) is 5.44 Å². The van der Waals surface area contributed by atoms with Crippen LogP contribution in [-0.2, 0) is 5.44 Å². The molecule has 15 heavy (non-hydrogen) atoms. The molecule has 3 heteroatoms. The summed E-state index contributed by atoms with van der Waals surface area (Å²) in [4.78, 5) is 0. The van der Waals surface area contributed by atoms with Crippen molar-refractivity contribution in [2.24, 2.45) is 0 Å². The Kier molecular flexibility index (Phi) is 3.50. The Balaban J connectivity index is 2.09. The number of nitrogens with zero attached hydrogens (tertiary/aromatic N) is 2. The fourth-order valence-electron chi connectivity index (χ4n) is 2.46. The van der Waals surface area contributed by atoms with E-state index in [4.69, 9.17) is 7.85 Å². The van der Waals surface area contributed by atoms with Crippen molar-refractivity contribution < 1.29 is 0 Å². The van der Waals surface area contributed by atoms with E-state index < -0.39 is 0 Å². The highest BCUT2D eigenvalue weighted by Gasteiger charge is 2.25. The first-order chi connectivity index (χ1) is 7.31. The maximum absolute atomic E-state index is 6.46. The molecule has 0 aromatic carbocycles. The third-order valence-corrected chi connectivity index (χ3v) is 3.43. The Morgan fingerprint density at radius 1 is 1.00 bits per heavy atom. The lowest BCUT2D eigenvalue weighted by atomic mass is 9.71. The second kappa shape index (κ2) is 4.87. The zero-order valence-corrected chi connectivity index (χ0v) is 9.36. The Morgan fingerprint density at radius 2 is 1.60 bits per heavy atom. The molecule has 0 atom stereocenters. The van der Waals surface area contributed by atoms with E-state index in [1.54, 1.807) is 0 Å². The Labute approximate surface area is 93.5 Å². The molecule has 0 amide bonds. The average molecular weight is 202 g/mol. The number of hydrogen-bond acceptors (Lipinski definition) is 1. The largest absolute Gasteiger partial charge is 0.276 e. The average Bonchev–Trinajstić information content (AvgIpc) is 2.75. The number of hydrogen-bond donors (Lipinski definition) is 0. The van der Waals surface area contributed by atoms with Gasteiger partial charge in [-0.1, -0.05) is 38.5 Å². The third kappa shape index (κ3) is 2.64. The van der Waals surface area contributed by atoms with Gasteiger partial charge in [-0.25, -0.2) is 0 Å². The number of rotatable bonds is 1. The second-order valence-corrected chi connectivity index (χ2v) is 4.68. The van der Waals surface area contributed by atoms with E-state index >= 15 is 0 Å². The molecule has 1 aromatic rings. The molecule has 0 unspecified atom stereocenters. The molecule has 0 bridgehead atoms. The van der Waals surface area contributed by atoms with Crippen molar-refractivity contribution in [2.45, 2.75) is 56.8 Å². The van der Waals surface area contributed by atoms with E-state index in [9.17, 15) is 0 Å². The molecule has 1 fully saturated rings. The van der Waals surface area contributed by atoms with Crippen molar-refractivity contribution in [3.63, 3.8) is 0 Å². The van der Waals surface area contributed by atoms with Gasteiger partial charge in [-0.05, 0) is 18.9 Å². The third-order valence-electron chi connectivity index (χ3n) is 3.43. The van der Waals surface area contributed by atoms with Crippen LogP contribution in [0, 0.1) is 0 Å². The van der Waals surface area contributed by atoms with E-state index in [1.807, 2.05) is 23.1 Å². The molecule has 2 nitrogen and oxygen atoms in total. The Bertz CT molecular complexity index is 272. The predicted octanol–water partition coefficient (Wildman–Crippen LogP) is 2.84. The van der Waals surface area contributed by atoms with Crippen molar-refractivity contribution in [3.8, 4) is 0 Å². The molecule has 1 aromatic heterocycles. The lowest BCUT2D eigenvalue weighted by molar-refractivity contribution is 0.324. The molecule has 1 aliphatic carbocycles. The molecule has 1 heterocycles. The van der Waals surface area contributed by atoms with Gasteiger partial charge < -0.3 is 0 Å². The van der Waals surface area contributed by atoms with Crippen LogP contribution in [0.5, 0.6) is 0 Å². The first kappa shape index (κ1) is 10.8. The zero-order valence-electron chi connectivity index (χ0n) is 9.36. The highest BCUT2D eigenvalue weighted by molar-refractivity contribution is 6.13. The van der Waals surface area contributed by atoms with Crippen molar-refractivity contribution in [1.82, 2.24) is 9.78 Å². The van der Waals surface area contributed by atoms with Crippen molar-refractivity contribution >= 4 is 7.85 Å². The molecule has 2 radical (unpaired) electrons. The SMILES string of the molecule is [B]C1(n2cccn2)CCCCCCCC1. The van der Waals surface area contributed by atoms with Gasteiger partial charge in [0, 0.05) is 17.8 Å². The van der Waals surface area contributed by atoms with Crippen LogP contribution in [0.25, 0.3) is 0 Å². The minimum atomic E-state index is -0.228. The first-order valence-electron chi connectivity index (χ1n) is 6.10. The van der Waals surface area contributed by atoms with Crippen LogP contribution in [0.2, 0.25) is 0 Å². The molecule has 0 saturated heterocycles. The van der Waals surface area contributed by atoms with Gasteiger partial charge in [0.1, 0.15) is 7.85 Å². The van der Waals surface area contributed by atoms with Crippen molar-refractivity contribution in [1.29, 1.82) is 0 Å². The fourth-order valence-corrected chi connectivity index (χ4v) is 2.46. The van der Waals surface area contributed by atoms with Crippen LogP contribution in [0.3, 0.4) is 0 Å².